The van der Waals surface area contributed by atoms with E-state index in [0.717, 1.165) is 39.7 Å². The maximum absolute atomic E-state index is 12.5. The van der Waals surface area contributed by atoms with Gasteiger partial charge in [-0.2, -0.15) is 5.10 Å². The first-order valence-electron chi connectivity index (χ1n) is 10.6. The highest BCUT2D eigenvalue weighted by Gasteiger charge is 2.12. The lowest BCUT2D eigenvalue weighted by molar-refractivity contribution is -0.120. The van der Waals surface area contributed by atoms with Crippen LogP contribution < -0.4 is 5.32 Å². The zero-order valence-electron chi connectivity index (χ0n) is 17.8. The summed E-state index contributed by atoms with van der Waals surface area (Å²) >= 11 is 1.48. The Morgan fingerprint density at radius 3 is 2.70 bits per heavy atom. The molecule has 1 amide bonds. The van der Waals surface area contributed by atoms with Crippen molar-refractivity contribution >= 4 is 17.2 Å². The van der Waals surface area contributed by atoms with Crippen molar-refractivity contribution in [1.82, 2.24) is 20.1 Å². The lowest BCUT2D eigenvalue weighted by Gasteiger charge is -2.12. The fourth-order valence-electron chi connectivity index (χ4n) is 3.65. The summed E-state index contributed by atoms with van der Waals surface area (Å²) in [5.41, 5.74) is 5.22. The van der Waals surface area contributed by atoms with Crippen molar-refractivity contribution in [3.8, 4) is 21.9 Å². The fourth-order valence-corrected chi connectivity index (χ4v) is 4.44. The molecular weight excluding hydrogens is 432 g/mol. The molecule has 0 saturated carbocycles. The second-order valence-corrected chi connectivity index (χ2v) is 8.49. The summed E-state index contributed by atoms with van der Waals surface area (Å²) in [6, 6.07) is 22.2. The Bertz CT molecular complexity index is 1320. The molecule has 0 aliphatic heterocycles. The molecule has 164 valence electrons. The third-order valence-electron chi connectivity index (χ3n) is 5.29. The Morgan fingerprint density at radius 1 is 1.03 bits per heavy atom. The molecule has 3 aromatic heterocycles. The van der Waals surface area contributed by atoms with Crippen LogP contribution in [0.1, 0.15) is 16.8 Å². The number of hydrogen-bond donors (Lipinski definition) is 1. The summed E-state index contributed by atoms with van der Waals surface area (Å²) < 4.78 is 7.28. The molecule has 7 heteroatoms. The highest BCUT2D eigenvalue weighted by molar-refractivity contribution is 7.13. The Labute approximate surface area is 195 Å². The van der Waals surface area contributed by atoms with Gasteiger partial charge in [0.1, 0.15) is 0 Å². The van der Waals surface area contributed by atoms with Gasteiger partial charge in [-0.1, -0.05) is 48.5 Å². The number of hydrogen-bond acceptors (Lipinski definition) is 5. The molecule has 2 aromatic carbocycles. The number of aromatic nitrogens is 3. The van der Waals surface area contributed by atoms with E-state index in [4.69, 9.17) is 4.42 Å². The minimum atomic E-state index is -0.0596. The van der Waals surface area contributed by atoms with E-state index in [1.54, 1.807) is 12.5 Å². The van der Waals surface area contributed by atoms with Gasteiger partial charge in [0.2, 0.25) is 5.91 Å². The van der Waals surface area contributed by atoms with Gasteiger partial charge in [-0.05, 0) is 40.5 Å². The summed E-state index contributed by atoms with van der Waals surface area (Å²) in [5.74, 6) is 0.659. The first-order chi connectivity index (χ1) is 16.2. The average molecular weight is 455 g/mol. The number of rotatable bonds is 8. The maximum Gasteiger partial charge on any atom is 0.226 e. The van der Waals surface area contributed by atoms with Gasteiger partial charge in [0.05, 0.1) is 24.9 Å². The fraction of sp³-hybridized carbons (Fsp3) is 0.115. The zero-order chi connectivity index (χ0) is 22.5. The lowest BCUT2D eigenvalue weighted by atomic mass is 9.98. The Hall–Kier alpha value is -3.97. The molecule has 0 atom stereocenters. The summed E-state index contributed by atoms with van der Waals surface area (Å²) in [6.45, 7) is 1.20. The Kier molecular flexibility index (Phi) is 6.12. The van der Waals surface area contributed by atoms with Gasteiger partial charge in [-0.15, -0.1) is 11.3 Å². The highest BCUT2D eigenvalue weighted by atomic mass is 32.1. The molecule has 33 heavy (non-hydrogen) atoms. The van der Waals surface area contributed by atoms with E-state index in [1.807, 2.05) is 52.7 Å². The number of thiazole rings is 1. The number of amides is 1. The lowest BCUT2D eigenvalue weighted by Crippen LogP contribution is -2.25. The molecule has 0 saturated heterocycles. The molecule has 5 aromatic rings. The molecular formula is C26H22N4O2S. The Morgan fingerprint density at radius 2 is 1.91 bits per heavy atom. The summed E-state index contributed by atoms with van der Waals surface area (Å²) in [7, 11) is 0. The van der Waals surface area contributed by atoms with Crippen molar-refractivity contribution in [3.63, 3.8) is 0 Å². The molecule has 0 spiro atoms. The van der Waals surface area contributed by atoms with Gasteiger partial charge in [-0.25, -0.2) is 4.98 Å². The van der Waals surface area contributed by atoms with Crippen LogP contribution in [0, 0.1) is 0 Å². The molecule has 1 N–H and O–H groups in total. The third kappa shape index (κ3) is 5.10. The second kappa shape index (κ2) is 9.67. The van der Waals surface area contributed by atoms with Gasteiger partial charge in [-0.3, -0.25) is 9.48 Å². The minimum Gasteiger partial charge on any atom is -0.462 e. The van der Waals surface area contributed by atoms with E-state index in [-0.39, 0.29) is 12.3 Å². The quantitative estimate of drug-likeness (QED) is 0.351. The van der Waals surface area contributed by atoms with Gasteiger partial charge in [0.25, 0.3) is 0 Å². The molecule has 3 heterocycles. The molecule has 0 radical (unpaired) electrons. The number of carbonyl (C=O) groups is 1. The highest BCUT2D eigenvalue weighted by Crippen LogP contribution is 2.25. The van der Waals surface area contributed by atoms with E-state index in [9.17, 15) is 4.79 Å². The predicted molar refractivity (Wildman–Crippen MR) is 129 cm³/mol. The maximum atomic E-state index is 12.5. The predicted octanol–water partition coefficient (Wildman–Crippen LogP) is 5.17. The molecule has 0 bridgehead atoms. The van der Waals surface area contributed by atoms with E-state index in [0.29, 0.717) is 6.54 Å². The van der Waals surface area contributed by atoms with Gasteiger partial charge in [0, 0.05) is 24.3 Å². The van der Waals surface area contributed by atoms with E-state index < -0.39 is 0 Å². The summed E-state index contributed by atoms with van der Waals surface area (Å²) in [4.78, 5) is 17.1. The molecule has 5 rings (SSSR count). The first-order valence-corrected chi connectivity index (χ1v) is 11.5. The number of benzene rings is 2. The van der Waals surface area contributed by atoms with Crippen LogP contribution in [-0.2, 0) is 24.3 Å². The van der Waals surface area contributed by atoms with Crippen molar-refractivity contribution in [2.45, 2.75) is 19.5 Å². The van der Waals surface area contributed by atoms with Crippen LogP contribution in [0.25, 0.3) is 21.9 Å². The van der Waals surface area contributed by atoms with Gasteiger partial charge >= 0.3 is 0 Å². The van der Waals surface area contributed by atoms with Crippen LogP contribution in [0.15, 0.2) is 95.2 Å². The second-order valence-electron chi connectivity index (χ2n) is 7.63. The van der Waals surface area contributed by atoms with Crippen LogP contribution in [0.4, 0.5) is 0 Å². The van der Waals surface area contributed by atoms with E-state index >= 15 is 0 Å². The molecule has 0 aliphatic carbocycles. The number of nitrogens with zero attached hydrogens (tertiary/aromatic N) is 3. The van der Waals surface area contributed by atoms with Crippen LogP contribution in [0.5, 0.6) is 0 Å². The zero-order valence-corrected chi connectivity index (χ0v) is 18.7. The van der Waals surface area contributed by atoms with Crippen LogP contribution in [0.2, 0.25) is 0 Å². The average Bonchev–Trinajstić information content (AvgIpc) is 3.61. The van der Waals surface area contributed by atoms with Crippen molar-refractivity contribution in [2.24, 2.45) is 0 Å². The van der Waals surface area contributed by atoms with Crippen molar-refractivity contribution in [2.75, 3.05) is 0 Å². The monoisotopic (exact) mass is 454 g/mol. The topological polar surface area (TPSA) is 73.0 Å². The smallest absolute Gasteiger partial charge is 0.226 e. The minimum absolute atomic E-state index is 0.0596. The first kappa shape index (κ1) is 20.9. The van der Waals surface area contributed by atoms with Crippen molar-refractivity contribution in [1.29, 1.82) is 0 Å². The number of nitrogens with one attached hydrogen (secondary N) is 1. The van der Waals surface area contributed by atoms with Crippen LogP contribution in [-0.4, -0.2) is 20.7 Å². The van der Waals surface area contributed by atoms with Crippen LogP contribution >= 0.6 is 11.3 Å². The molecule has 0 aliphatic rings. The standard InChI is InChI=1S/C26H22N4O2S/c31-25(15-22-18-33-26(29-22)24-7-3-14-32-24)27-16-21-5-1-2-6-23(21)20-10-8-19(9-11-20)17-30-13-4-12-28-30/h1-14,18H,15-17H2,(H,27,31). The van der Waals surface area contributed by atoms with Gasteiger partial charge < -0.3 is 9.73 Å². The van der Waals surface area contributed by atoms with Gasteiger partial charge in [0.15, 0.2) is 10.8 Å². The largest absolute Gasteiger partial charge is 0.462 e. The summed E-state index contributed by atoms with van der Waals surface area (Å²) in [6.07, 6.45) is 5.59. The molecule has 6 nitrogen and oxygen atoms in total. The number of furan rings is 1. The van der Waals surface area contributed by atoms with E-state index in [2.05, 4.69) is 45.7 Å². The van der Waals surface area contributed by atoms with Crippen LogP contribution in [0.3, 0.4) is 0 Å². The number of carbonyl (C=O) groups excluding carboxylic acids is 1. The normalized spacial score (nSPS) is 10.9. The van der Waals surface area contributed by atoms with Crippen molar-refractivity contribution in [3.05, 3.63) is 108 Å². The summed E-state index contributed by atoms with van der Waals surface area (Å²) in [5, 5.41) is 9.97. The molecule has 0 fully saturated rings. The Balaban J connectivity index is 1.22. The SMILES string of the molecule is O=C(Cc1csc(-c2ccco2)n1)NCc1ccccc1-c1ccc(Cn2cccn2)cc1. The molecule has 0 unspecified atom stereocenters. The van der Waals surface area contributed by atoms with E-state index in [1.165, 1.54) is 16.9 Å². The third-order valence-corrected chi connectivity index (χ3v) is 6.19. The van der Waals surface area contributed by atoms with Crippen molar-refractivity contribution < 1.29 is 9.21 Å².